The second-order valence-electron chi connectivity index (χ2n) is 6.37. The number of ether oxygens (including phenoxy) is 2. The zero-order valence-electron chi connectivity index (χ0n) is 15.2. The third-order valence-electron chi connectivity index (χ3n) is 4.50. The van der Waals surface area contributed by atoms with E-state index in [2.05, 4.69) is 20.4 Å². The van der Waals surface area contributed by atoms with Gasteiger partial charge in [0.2, 0.25) is 11.9 Å². The van der Waals surface area contributed by atoms with Gasteiger partial charge in [-0.3, -0.25) is 4.79 Å². The number of anilines is 1. The predicted molar refractivity (Wildman–Crippen MR) is 97.7 cm³/mol. The fourth-order valence-corrected chi connectivity index (χ4v) is 3.10. The van der Waals surface area contributed by atoms with E-state index in [-0.39, 0.29) is 18.3 Å². The van der Waals surface area contributed by atoms with Gasteiger partial charge in [0.25, 0.3) is 5.78 Å². The molecule has 0 unspecified atom stereocenters. The molecule has 1 aliphatic heterocycles. The fourth-order valence-electron chi connectivity index (χ4n) is 3.10. The van der Waals surface area contributed by atoms with Gasteiger partial charge < -0.3 is 20.5 Å². The van der Waals surface area contributed by atoms with E-state index < -0.39 is 0 Å². The van der Waals surface area contributed by atoms with Crippen LogP contribution in [0, 0.1) is 13.8 Å². The molecule has 1 aromatic carbocycles. The van der Waals surface area contributed by atoms with Crippen molar-refractivity contribution in [2.75, 3.05) is 18.9 Å². The summed E-state index contributed by atoms with van der Waals surface area (Å²) >= 11 is 0. The number of carbonyl (C=O) groups is 1. The molecule has 0 atom stereocenters. The smallest absolute Gasteiger partial charge is 0.254 e. The molecule has 0 spiro atoms. The highest BCUT2D eigenvalue weighted by Gasteiger charge is 2.16. The first-order chi connectivity index (χ1) is 13.0. The molecule has 9 heteroatoms. The number of fused-ring (bicyclic) bond motifs is 2. The van der Waals surface area contributed by atoms with Crippen LogP contribution in [0.1, 0.15) is 22.5 Å². The molecule has 3 N–H and O–H groups in total. The Labute approximate surface area is 155 Å². The Kier molecular flexibility index (Phi) is 4.27. The summed E-state index contributed by atoms with van der Waals surface area (Å²) in [5.41, 5.74) is 8.94. The van der Waals surface area contributed by atoms with Gasteiger partial charge in [0.1, 0.15) is 13.2 Å². The van der Waals surface area contributed by atoms with Gasteiger partial charge in [0.15, 0.2) is 11.5 Å². The predicted octanol–water partition coefficient (Wildman–Crippen LogP) is 0.953. The molecule has 9 nitrogen and oxygen atoms in total. The van der Waals surface area contributed by atoms with E-state index in [1.807, 2.05) is 32.0 Å². The summed E-state index contributed by atoms with van der Waals surface area (Å²) in [6.45, 7) is 5.21. The van der Waals surface area contributed by atoms with E-state index in [1.54, 1.807) is 4.52 Å². The van der Waals surface area contributed by atoms with Crippen LogP contribution in [-0.4, -0.2) is 38.7 Å². The number of nitrogens with one attached hydrogen (secondary N) is 1. The van der Waals surface area contributed by atoms with Gasteiger partial charge in [0.05, 0.1) is 6.42 Å². The Morgan fingerprint density at radius 3 is 2.81 bits per heavy atom. The molecule has 4 rings (SSSR count). The lowest BCUT2D eigenvalue weighted by atomic mass is 10.1. The number of aromatic nitrogens is 4. The molecular weight excluding hydrogens is 348 g/mol. The summed E-state index contributed by atoms with van der Waals surface area (Å²) in [5, 5.41) is 7.05. The van der Waals surface area contributed by atoms with E-state index in [4.69, 9.17) is 15.2 Å². The van der Waals surface area contributed by atoms with Crippen LogP contribution in [0.4, 0.5) is 5.95 Å². The lowest BCUT2D eigenvalue weighted by molar-refractivity contribution is -0.120. The average Bonchev–Trinajstić information content (AvgIpc) is 3.03. The molecule has 1 aliphatic rings. The van der Waals surface area contributed by atoms with Crippen molar-refractivity contribution in [1.29, 1.82) is 0 Å². The molecule has 1 amide bonds. The van der Waals surface area contributed by atoms with Crippen LogP contribution in [0.5, 0.6) is 11.5 Å². The Hall–Kier alpha value is -3.36. The number of nitrogen functional groups attached to an aromatic ring is 1. The van der Waals surface area contributed by atoms with Gasteiger partial charge in [-0.15, -0.1) is 5.10 Å². The van der Waals surface area contributed by atoms with Crippen molar-refractivity contribution in [3.05, 3.63) is 40.7 Å². The lowest BCUT2D eigenvalue weighted by Gasteiger charge is -2.19. The first kappa shape index (κ1) is 17.1. The Morgan fingerprint density at radius 2 is 2.00 bits per heavy atom. The van der Waals surface area contributed by atoms with Crippen LogP contribution in [0.15, 0.2) is 18.2 Å². The molecule has 0 bridgehead atoms. The lowest BCUT2D eigenvalue weighted by Crippen LogP contribution is -2.26. The van der Waals surface area contributed by atoms with Crippen LogP contribution in [0.25, 0.3) is 5.78 Å². The molecule has 0 aliphatic carbocycles. The number of nitrogens with two attached hydrogens (primary N) is 1. The van der Waals surface area contributed by atoms with E-state index in [9.17, 15) is 4.79 Å². The molecule has 0 fully saturated rings. The number of carbonyl (C=O) groups excluding carboxylic acids is 1. The van der Waals surface area contributed by atoms with Crippen molar-refractivity contribution in [2.24, 2.45) is 0 Å². The SMILES string of the molecule is Cc1nc2nc(N)nn2c(C)c1CC(=O)NCc1ccc2c(c1)OCCO2. The molecule has 3 aromatic rings. The topological polar surface area (TPSA) is 117 Å². The van der Waals surface area contributed by atoms with Crippen LogP contribution in [0.3, 0.4) is 0 Å². The highest BCUT2D eigenvalue weighted by atomic mass is 16.6. The largest absolute Gasteiger partial charge is 0.486 e. The minimum absolute atomic E-state index is 0.106. The van der Waals surface area contributed by atoms with Gasteiger partial charge in [0, 0.05) is 23.5 Å². The van der Waals surface area contributed by atoms with Crippen LogP contribution >= 0.6 is 0 Å². The molecular formula is C18H20N6O3. The maximum atomic E-state index is 12.5. The normalized spacial score (nSPS) is 13.0. The second-order valence-corrected chi connectivity index (χ2v) is 6.37. The standard InChI is InChI=1S/C18H20N6O3/c1-10-13(11(2)24-18(21-10)22-17(19)23-24)8-16(25)20-9-12-3-4-14-15(7-12)27-6-5-26-14/h3-4,7H,5-6,8-9H2,1-2H3,(H2,19,23)(H,20,25). The summed E-state index contributed by atoms with van der Waals surface area (Å²) in [7, 11) is 0. The van der Waals surface area contributed by atoms with Crippen molar-refractivity contribution < 1.29 is 14.3 Å². The quantitative estimate of drug-likeness (QED) is 0.704. The highest BCUT2D eigenvalue weighted by Crippen LogP contribution is 2.30. The maximum Gasteiger partial charge on any atom is 0.254 e. The third-order valence-corrected chi connectivity index (χ3v) is 4.50. The van der Waals surface area contributed by atoms with E-state index in [0.29, 0.717) is 31.3 Å². The van der Waals surface area contributed by atoms with Gasteiger partial charge >= 0.3 is 0 Å². The van der Waals surface area contributed by atoms with E-state index in [0.717, 1.165) is 28.3 Å². The van der Waals surface area contributed by atoms with Gasteiger partial charge in [-0.25, -0.2) is 4.98 Å². The van der Waals surface area contributed by atoms with Crippen LogP contribution < -0.4 is 20.5 Å². The second kappa shape index (κ2) is 6.75. The first-order valence-corrected chi connectivity index (χ1v) is 8.65. The summed E-state index contributed by atoms with van der Waals surface area (Å²) in [6.07, 6.45) is 0.199. The average molecular weight is 368 g/mol. The minimum Gasteiger partial charge on any atom is -0.486 e. The molecule has 0 saturated heterocycles. The first-order valence-electron chi connectivity index (χ1n) is 8.65. The number of nitrogens with zero attached hydrogens (tertiary/aromatic N) is 4. The van der Waals surface area contributed by atoms with Crippen molar-refractivity contribution in [1.82, 2.24) is 24.9 Å². The Morgan fingerprint density at radius 1 is 1.22 bits per heavy atom. The molecule has 3 heterocycles. The molecule has 27 heavy (non-hydrogen) atoms. The summed E-state index contributed by atoms with van der Waals surface area (Å²) in [4.78, 5) is 20.9. The fraction of sp³-hybridized carbons (Fsp3) is 0.333. The van der Waals surface area contributed by atoms with E-state index in [1.165, 1.54) is 0 Å². The third kappa shape index (κ3) is 3.35. The van der Waals surface area contributed by atoms with Crippen molar-refractivity contribution in [3.8, 4) is 11.5 Å². The molecule has 140 valence electrons. The maximum absolute atomic E-state index is 12.5. The van der Waals surface area contributed by atoms with Crippen LogP contribution in [-0.2, 0) is 17.8 Å². The summed E-state index contributed by atoms with van der Waals surface area (Å²) < 4.78 is 12.6. The number of hydrogen-bond acceptors (Lipinski definition) is 7. The molecule has 2 aromatic heterocycles. The van der Waals surface area contributed by atoms with Crippen molar-refractivity contribution in [2.45, 2.75) is 26.8 Å². The minimum atomic E-state index is -0.106. The number of rotatable bonds is 4. The molecule has 0 saturated carbocycles. The van der Waals surface area contributed by atoms with Crippen molar-refractivity contribution >= 4 is 17.6 Å². The summed E-state index contributed by atoms with van der Waals surface area (Å²) in [6, 6.07) is 5.66. The number of aryl methyl sites for hydroxylation is 2. The monoisotopic (exact) mass is 368 g/mol. The van der Waals surface area contributed by atoms with Gasteiger partial charge in [-0.1, -0.05) is 6.07 Å². The van der Waals surface area contributed by atoms with Crippen molar-refractivity contribution in [3.63, 3.8) is 0 Å². The zero-order valence-corrected chi connectivity index (χ0v) is 15.2. The van der Waals surface area contributed by atoms with E-state index >= 15 is 0 Å². The Bertz CT molecular complexity index is 1030. The number of hydrogen-bond donors (Lipinski definition) is 2. The zero-order chi connectivity index (χ0) is 19.0. The highest BCUT2D eigenvalue weighted by molar-refractivity contribution is 5.79. The van der Waals surface area contributed by atoms with Gasteiger partial charge in [-0.05, 0) is 31.5 Å². The summed E-state index contributed by atoms with van der Waals surface area (Å²) in [5.74, 6) is 1.92. The molecule has 0 radical (unpaired) electrons. The Balaban J connectivity index is 1.46. The van der Waals surface area contributed by atoms with Crippen LogP contribution in [0.2, 0.25) is 0 Å². The van der Waals surface area contributed by atoms with Gasteiger partial charge in [-0.2, -0.15) is 9.50 Å². The number of benzene rings is 1. The number of amides is 1.